The van der Waals surface area contributed by atoms with E-state index in [9.17, 15) is 0 Å². The van der Waals surface area contributed by atoms with Crippen molar-refractivity contribution in [1.29, 1.82) is 0 Å². The van der Waals surface area contributed by atoms with E-state index in [1.54, 1.807) is 7.11 Å². The summed E-state index contributed by atoms with van der Waals surface area (Å²) in [6, 6.07) is 8.93. The van der Waals surface area contributed by atoms with Crippen LogP contribution in [0.3, 0.4) is 0 Å². The molecule has 1 aromatic carbocycles. The normalized spacial score (nSPS) is 12.8. The van der Waals surface area contributed by atoms with Crippen LogP contribution in [0.5, 0.6) is 0 Å². The lowest BCUT2D eigenvalue weighted by Crippen LogP contribution is -2.21. The van der Waals surface area contributed by atoms with Crippen molar-refractivity contribution in [2.24, 2.45) is 0 Å². The van der Waals surface area contributed by atoms with Crippen LogP contribution >= 0.6 is 0 Å². The average Bonchev–Trinajstić information content (AvgIpc) is 2.26. The first kappa shape index (κ1) is 11.2. The molecule has 1 aromatic rings. The van der Waals surface area contributed by atoms with Crippen molar-refractivity contribution < 1.29 is 4.74 Å². The van der Waals surface area contributed by atoms with Gasteiger partial charge in [-0.25, -0.2) is 0 Å². The maximum Gasteiger partial charge on any atom is 0.0657 e. The van der Waals surface area contributed by atoms with E-state index in [1.807, 2.05) is 7.05 Å². The molecule has 2 nitrogen and oxygen atoms in total. The molecule has 0 amide bonds. The predicted molar refractivity (Wildman–Crippen MR) is 59.5 cm³/mol. The molecule has 0 spiro atoms. The summed E-state index contributed by atoms with van der Waals surface area (Å²) in [7, 11) is 3.69. The number of aryl methyl sites for hydroxylation is 1. The SMILES string of the molecule is CCc1cccc(C(COC)NC)c1. The molecule has 1 atom stereocenters. The zero-order valence-electron chi connectivity index (χ0n) is 9.21. The van der Waals surface area contributed by atoms with Crippen LogP contribution in [0.2, 0.25) is 0 Å². The Labute approximate surface area is 86.3 Å². The van der Waals surface area contributed by atoms with Gasteiger partial charge in [0.15, 0.2) is 0 Å². The Kier molecular flexibility index (Phi) is 4.63. The van der Waals surface area contributed by atoms with E-state index < -0.39 is 0 Å². The second-order valence-electron chi connectivity index (χ2n) is 3.40. The minimum absolute atomic E-state index is 0.298. The number of ether oxygens (including phenoxy) is 1. The lowest BCUT2D eigenvalue weighted by molar-refractivity contribution is 0.170. The fourth-order valence-electron chi connectivity index (χ4n) is 1.54. The van der Waals surface area contributed by atoms with E-state index in [0.717, 1.165) is 6.42 Å². The standard InChI is InChI=1S/C12H19NO/c1-4-10-6-5-7-11(8-10)12(13-2)9-14-3/h5-8,12-13H,4,9H2,1-3H3. The molecule has 0 heterocycles. The first-order valence-corrected chi connectivity index (χ1v) is 5.06. The van der Waals surface area contributed by atoms with Gasteiger partial charge in [0, 0.05) is 7.11 Å². The van der Waals surface area contributed by atoms with Crippen molar-refractivity contribution in [2.75, 3.05) is 20.8 Å². The van der Waals surface area contributed by atoms with E-state index in [-0.39, 0.29) is 0 Å². The number of rotatable bonds is 5. The van der Waals surface area contributed by atoms with Gasteiger partial charge in [0.05, 0.1) is 12.6 Å². The molecule has 0 bridgehead atoms. The molecular weight excluding hydrogens is 174 g/mol. The van der Waals surface area contributed by atoms with Gasteiger partial charge in [0.1, 0.15) is 0 Å². The number of nitrogens with one attached hydrogen (secondary N) is 1. The van der Waals surface area contributed by atoms with Crippen LogP contribution in [0.25, 0.3) is 0 Å². The molecule has 0 fully saturated rings. The van der Waals surface area contributed by atoms with Gasteiger partial charge in [0.2, 0.25) is 0 Å². The number of hydrogen-bond donors (Lipinski definition) is 1. The van der Waals surface area contributed by atoms with E-state index in [4.69, 9.17) is 4.74 Å². The third-order valence-electron chi connectivity index (χ3n) is 2.44. The third-order valence-corrected chi connectivity index (χ3v) is 2.44. The Hall–Kier alpha value is -0.860. The molecule has 1 rings (SSSR count). The van der Waals surface area contributed by atoms with Gasteiger partial charge < -0.3 is 10.1 Å². The highest BCUT2D eigenvalue weighted by Gasteiger charge is 2.08. The Morgan fingerprint density at radius 3 is 2.79 bits per heavy atom. The highest BCUT2D eigenvalue weighted by Crippen LogP contribution is 2.14. The predicted octanol–water partition coefficient (Wildman–Crippen LogP) is 2.16. The van der Waals surface area contributed by atoms with Crippen LogP contribution < -0.4 is 5.32 Å². The van der Waals surface area contributed by atoms with E-state index in [2.05, 4.69) is 36.5 Å². The number of methoxy groups -OCH3 is 1. The fraction of sp³-hybridized carbons (Fsp3) is 0.500. The molecule has 0 saturated carbocycles. The second kappa shape index (κ2) is 5.78. The van der Waals surface area contributed by atoms with Crippen molar-refractivity contribution in [3.8, 4) is 0 Å². The first-order valence-electron chi connectivity index (χ1n) is 5.06. The summed E-state index contributed by atoms with van der Waals surface area (Å²) >= 11 is 0. The van der Waals surface area contributed by atoms with Crippen molar-refractivity contribution in [2.45, 2.75) is 19.4 Å². The molecule has 0 aliphatic carbocycles. The van der Waals surface area contributed by atoms with Gasteiger partial charge in [-0.15, -0.1) is 0 Å². The van der Waals surface area contributed by atoms with Crippen LogP contribution in [-0.4, -0.2) is 20.8 Å². The molecule has 78 valence electrons. The Bertz CT molecular complexity index is 273. The molecule has 1 N–H and O–H groups in total. The van der Waals surface area contributed by atoms with Gasteiger partial charge in [-0.2, -0.15) is 0 Å². The molecule has 1 unspecified atom stereocenters. The quantitative estimate of drug-likeness (QED) is 0.773. The molecule has 0 aromatic heterocycles. The molecule has 0 aliphatic heterocycles. The van der Waals surface area contributed by atoms with E-state index in [0.29, 0.717) is 12.6 Å². The molecule has 0 radical (unpaired) electrons. The van der Waals surface area contributed by atoms with Gasteiger partial charge in [-0.1, -0.05) is 31.2 Å². The van der Waals surface area contributed by atoms with Gasteiger partial charge >= 0.3 is 0 Å². The number of hydrogen-bond acceptors (Lipinski definition) is 2. The Balaban J connectivity index is 2.80. The minimum Gasteiger partial charge on any atom is -0.383 e. The maximum atomic E-state index is 5.16. The van der Waals surface area contributed by atoms with Crippen LogP contribution in [0.15, 0.2) is 24.3 Å². The van der Waals surface area contributed by atoms with Crippen LogP contribution in [0.1, 0.15) is 24.1 Å². The lowest BCUT2D eigenvalue weighted by Gasteiger charge is -2.16. The van der Waals surface area contributed by atoms with Gasteiger partial charge in [-0.05, 0) is 24.6 Å². The van der Waals surface area contributed by atoms with Crippen molar-refractivity contribution in [1.82, 2.24) is 5.32 Å². The molecular formula is C12H19NO. The highest BCUT2D eigenvalue weighted by atomic mass is 16.5. The van der Waals surface area contributed by atoms with Crippen molar-refractivity contribution >= 4 is 0 Å². The minimum atomic E-state index is 0.298. The smallest absolute Gasteiger partial charge is 0.0657 e. The summed E-state index contributed by atoms with van der Waals surface area (Å²) in [4.78, 5) is 0. The Morgan fingerprint density at radius 2 is 2.21 bits per heavy atom. The topological polar surface area (TPSA) is 21.3 Å². The molecule has 14 heavy (non-hydrogen) atoms. The molecule has 2 heteroatoms. The zero-order chi connectivity index (χ0) is 10.4. The van der Waals surface area contributed by atoms with Crippen LogP contribution in [-0.2, 0) is 11.2 Å². The first-order chi connectivity index (χ1) is 6.81. The second-order valence-corrected chi connectivity index (χ2v) is 3.40. The maximum absolute atomic E-state index is 5.16. The van der Waals surface area contributed by atoms with E-state index in [1.165, 1.54) is 11.1 Å². The summed E-state index contributed by atoms with van der Waals surface area (Å²) in [5.74, 6) is 0. The van der Waals surface area contributed by atoms with Gasteiger partial charge in [0.25, 0.3) is 0 Å². The zero-order valence-corrected chi connectivity index (χ0v) is 9.21. The lowest BCUT2D eigenvalue weighted by atomic mass is 10.0. The summed E-state index contributed by atoms with van der Waals surface area (Å²) in [6.07, 6.45) is 1.08. The summed E-state index contributed by atoms with van der Waals surface area (Å²) in [5.41, 5.74) is 2.67. The van der Waals surface area contributed by atoms with Crippen molar-refractivity contribution in [3.63, 3.8) is 0 Å². The fourth-order valence-corrected chi connectivity index (χ4v) is 1.54. The molecule has 0 aliphatic rings. The molecule has 0 saturated heterocycles. The number of likely N-dealkylation sites (N-methyl/N-ethyl adjacent to an activating group) is 1. The Morgan fingerprint density at radius 1 is 1.43 bits per heavy atom. The van der Waals surface area contributed by atoms with Crippen molar-refractivity contribution in [3.05, 3.63) is 35.4 Å². The largest absolute Gasteiger partial charge is 0.383 e. The summed E-state index contributed by atoms with van der Waals surface area (Å²) in [6.45, 7) is 2.88. The summed E-state index contributed by atoms with van der Waals surface area (Å²) < 4.78 is 5.16. The number of benzene rings is 1. The average molecular weight is 193 g/mol. The van der Waals surface area contributed by atoms with Crippen LogP contribution in [0, 0.1) is 0 Å². The third kappa shape index (κ3) is 2.82. The van der Waals surface area contributed by atoms with E-state index >= 15 is 0 Å². The monoisotopic (exact) mass is 193 g/mol. The van der Waals surface area contributed by atoms with Crippen LogP contribution in [0.4, 0.5) is 0 Å². The summed E-state index contributed by atoms with van der Waals surface area (Å²) in [5, 5.41) is 3.25. The highest BCUT2D eigenvalue weighted by molar-refractivity contribution is 5.26. The van der Waals surface area contributed by atoms with Gasteiger partial charge in [-0.3, -0.25) is 0 Å².